The Balaban J connectivity index is 3.21. The van der Waals surface area contributed by atoms with Crippen molar-refractivity contribution in [3.63, 3.8) is 0 Å². The molecule has 0 spiro atoms. The summed E-state index contributed by atoms with van der Waals surface area (Å²) in [7, 11) is 0. The largest absolute Gasteiger partial charge is 0.450 e. The Bertz CT molecular complexity index is 901. The zero-order valence-electron chi connectivity index (χ0n) is 48.1. The molecule has 0 bridgehead atoms. The Morgan fingerprint density at radius 1 is 0.214 bits per heavy atom. The third-order valence-corrected chi connectivity index (χ3v) is 15.1. The Labute approximate surface area is 439 Å². The fourth-order valence-corrected chi connectivity index (χ4v) is 10.3. The van der Waals surface area contributed by atoms with Gasteiger partial charge in [-0.3, -0.25) is 0 Å². The highest BCUT2D eigenvalue weighted by molar-refractivity contribution is 5.67. The molecule has 6 nitrogen and oxygen atoms in total. The lowest BCUT2D eigenvalue weighted by atomic mass is 10.0. The van der Waals surface area contributed by atoms with E-state index in [1.54, 1.807) is 0 Å². The molecular weight excluding hydrogens is 861 g/mol. The number of hydrogen-bond donors (Lipinski definition) is 2. The van der Waals surface area contributed by atoms with Gasteiger partial charge in [-0.25, -0.2) is 9.59 Å². The molecule has 0 aromatic heterocycles. The fraction of sp³-hybridized carbons (Fsp3) is 0.969. The van der Waals surface area contributed by atoms with Crippen LogP contribution in [0.4, 0.5) is 9.59 Å². The summed E-state index contributed by atoms with van der Waals surface area (Å²) < 4.78 is 10.7. The topological polar surface area (TPSA) is 76.7 Å². The van der Waals surface area contributed by atoms with Crippen LogP contribution in [-0.4, -0.2) is 38.5 Å². The van der Waals surface area contributed by atoms with Crippen LogP contribution in [0.2, 0.25) is 0 Å². The van der Waals surface area contributed by atoms with Gasteiger partial charge in [0.15, 0.2) is 0 Å². The monoisotopic (exact) mass is 989 g/mol. The second-order valence-corrected chi connectivity index (χ2v) is 22.2. The van der Waals surface area contributed by atoms with E-state index in [0.717, 1.165) is 51.4 Å². The van der Waals surface area contributed by atoms with E-state index in [1.165, 1.54) is 308 Å². The summed E-state index contributed by atoms with van der Waals surface area (Å²) in [5.74, 6) is 0. The molecule has 0 atom stereocenters. The predicted octanol–water partition coefficient (Wildman–Crippen LogP) is 22.3. The van der Waals surface area contributed by atoms with Gasteiger partial charge in [0, 0.05) is 13.1 Å². The minimum Gasteiger partial charge on any atom is -0.450 e. The maximum Gasteiger partial charge on any atom is 0.407 e. The van der Waals surface area contributed by atoms with Gasteiger partial charge in [-0.15, -0.1) is 0 Å². The van der Waals surface area contributed by atoms with Crippen molar-refractivity contribution in [1.29, 1.82) is 0 Å². The quantitative estimate of drug-likeness (QED) is 0.0595. The maximum absolute atomic E-state index is 12.0. The first-order chi connectivity index (χ1) is 34.7. The van der Waals surface area contributed by atoms with Crippen molar-refractivity contribution in [3.8, 4) is 0 Å². The van der Waals surface area contributed by atoms with E-state index >= 15 is 0 Å². The molecule has 6 heteroatoms. The zero-order chi connectivity index (χ0) is 50.4. The van der Waals surface area contributed by atoms with Crippen molar-refractivity contribution < 1.29 is 19.1 Å². The van der Waals surface area contributed by atoms with Crippen LogP contribution in [0.3, 0.4) is 0 Å². The molecule has 418 valence electrons. The van der Waals surface area contributed by atoms with Crippen LogP contribution < -0.4 is 10.6 Å². The molecule has 2 N–H and O–H groups in total. The van der Waals surface area contributed by atoms with Gasteiger partial charge in [0.05, 0.1) is 13.2 Å². The number of alkyl carbamates (subject to hydrolysis) is 2. The third-order valence-electron chi connectivity index (χ3n) is 15.1. The molecule has 70 heavy (non-hydrogen) atoms. The Hall–Kier alpha value is -1.46. The third kappa shape index (κ3) is 62.7. The van der Waals surface area contributed by atoms with E-state index in [2.05, 4.69) is 24.5 Å². The Kier molecular flexibility index (Phi) is 62.3. The van der Waals surface area contributed by atoms with Gasteiger partial charge in [0.2, 0.25) is 0 Å². The van der Waals surface area contributed by atoms with Gasteiger partial charge in [0.25, 0.3) is 0 Å². The van der Waals surface area contributed by atoms with Crippen molar-refractivity contribution in [1.82, 2.24) is 10.6 Å². The van der Waals surface area contributed by atoms with Gasteiger partial charge < -0.3 is 20.1 Å². The standard InChI is InChI=1S/C64H128N2O4/c1-3-5-7-9-11-13-15-17-19-21-23-25-27-29-31-33-35-37-39-41-43-45-47-49-53-57-61-69-63(67)65-59-55-51-52-56-60-66-64(68)70-62-58-54-50-48-46-44-42-40-38-36-34-32-30-28-26-24-22-20-18-16-14-12-10-8-6-4-2/h3-62H2,1-2H3,(H,65,67)(H,66,68). The van der Waals surface area contributed by atoms with Gasteiger partial charge in [-0.2, -0.15) is 0 Å². The predicted molar refractivity (Wildman–Crippen MR) is 309 cm³/mol. The van der Waals surface area contributed by atoms with E-state index in [4.69, 9.17) is 9.47 Å². The smallest absolute Gasteiger partial charge is 0.407 e. The number of ether oxygens (including phenoxy) is 2. The summed E-state index contributed by atoms with van der Waals surface area (Å²) in [4.78, 5) is 24.0. The number of hydrogen-bond acceptors (Lipinski definition) is 4. The van der Waals surface area contributed by atoms with Crippen molar-refractivity contribution in [3.05, 3.63) is 0 Å². The first-order valence-electron chi connectivity index (χ1n) is 32.5. The molecule has 0 heterocycles. The van der Waals surface area contributed by atoms with E-state index in [1.807, 2.05) is 0 Å². The summed E-state index contributed by atoms with van der Waals surface area (Å²) in [5.41, 5.74) is 0. The molecule has 0 saturated heterocycles. The highest BCUT2D eigenvalue weighted by atomic mass is 16.6. The maximum atomic E-state index is 12.0. The molecule has 0 aliphatic heterocycles. The lowest BCUT2D eigenvalue weighted by Gasteiger charge is -2.08. The second-order valence-electron chi connectivity index (χ2n) is 22.2. The van der Waals surface area contributed by atoms with E-state index < -0.39 is 0 Å². The molecule has 0 fully saturated rings. The van der Waals surface area contributed by atoms with E-state index in [0.29, 0.717) is 26.3 Å². The molecule has 0 aromatic rings. The van der Waals surface area contributed by atoms with Crippen LogP contribution in [0.5, 0.6) is 0 Å². The van der Waals surface area contributed by atoms with Crippen LogP contribution in [0.25, 0.3) is 0 Å². The summed E-state index contributed by atoms with van der Waals surface area (Å²) in [6.45, 7) is 6.94. The zero-order valence-corrected chi connectivity index (χ0v) is 48.1. The molecule has 2 amide bonds. The number of carbonyl (C=O) groups excluding carboxylic acids is 2. The normalized spacial score (nSPS) is 11.4. The molecule has 0 rings (SSSR count). The van der Waals surface area contributed by atoms with Crippen molar-refractivity contribution in [2.24, 2.45) is 0 Å². The molecule has 0 aliphatic carbocycles. The summed E-state index contributed by atoms with van der Waals surface area (Å²) in [6.07, 6.45) is 75.9. The van der Waals surface area contributed by atoms with Crippen LogP contribution in [-0.2, 0) is 9.47 Å². The number of nitrogens with one attached hydrogen (secondary N) is 2. The van der Waals surface area contributed by atoms with Crippen LogP contribution >= 0.6 is 0 Å². The lowest BCUT2D eigenvalue weighted by molar-refractivity contribution is 0.142. The van der Waals surface area contributed by atoms with Gasteiger partial charge >= 0.3 is 12.2 Å². The minimum absolute atomic E-state index is 0.287. The molecule has 0 unspecified atom stereocenters. The molecule has 0 saturated carbocycles. The average molecular weight is 990 g/mol. The van der Waals surface area contributed by atoms with Gasteiger partial charge in [-0.05, 0) is 25.7 Å². The summed E-state index contributed by atoms with van der Waals surface area (Å²) in [5, 5.41) is 5.77. The molecule has 0 radical (unpaired) electrons. The lowest BCUT2D eigenvalue weighted by Crippen LogP contribution is -2.26. The van der Waals surface area contributed by atoms with Crippen molar-refractivity contribution in [2.45, 2.75) is 373 Å². The second kappa shape index (κ2) is 63.7. The van der Waals surface area contributed by atoms with Crippen LogP contribution in [0.15, 0.2) is 0 Å². The van der Waals surface area contributed by atoms with Gasteiger partial charge in [0.1, 0.15) is 0 Å². The van der Waals surface area contributed by atoms with Crippen LogP contribution in [0, 0.1) is 0 Å². The van der Waals surface area contributed by atoms with Crippen molar-refractivity contribution >= 4 is 12.2 Å². The summed E-state index contributed by atoms with van der Waals surface area (Å²) in [6, 6.07) is 0. The number of unbranched alkanes of at least 4 members (excludes halogenated alkanes) is 53. The molecule has 0 aliphatic rings. The number of carbonyl (C=O) groups is 2. The summed E-state index contributed by atoms with van der Waals surface area (Å²) >= 11 is 0. The molecular formula is C64H128N2O4. The highest BCUT2D eigenvalue weighted by Gasteiger charge is 2.04. The number of rotatable bonds is 61. The first-order valence-corrected chi connectivity index (χ1v) is 32.5. The Morgan fingerprint density at radius 2 is 0.357 bits per heavy atom. The fourth-order valence-electron chi connectivity index (χ4n) is 10.3. The van der Waals surface area contributed by atoms with E-state index in [9.17, 15) is 9.59 Å². The van der Waals surface area contributed by atoms with Crippen molar-refractivity contribution in [2.75, 3.05) is 26.3 Å². The minimum atomic E-state index is -0.287. The first kappa shape index (κ1) is 68.5. The Morgan fingerprint density at radius 3 is 0.529 bits per heavy atom. The molecule has 0 aromatic carbocycles. The van der Waals surface area contributed by atoms with Gasteiger partial charge in [-0.1, -0.05) is 348 Å². The SMILES string of the molecule is CCCCCCCCCCCCCCCCCCCCCCCCCCCCOC(=O)NCCCCCCNC(=O)OCCCCCCCCCCCCCCCCCCCCCCCCCCCC. The van der Waals surface area contributed by atoms with E-state index in [-0.39, 0.29) is 12.2 Å². The number of amides is 2. The highest BCUT2D eigenvalue weighted by Crippen LogP contribution is 2.18. The van der Waals surface area contributed by atoms with Crippen LogP contribution in [0.1, 0.15) is 373 Å². The average Bonchev–Trinajstić information content (AvgIpc) is 3.36.